The van der Waals surface area contributed by atoms with E-state index < -0.39 is 5.91 Å². The number of aryl methyl sites for hydroxylation is 1. The van der Waals surface area contributed by atoms with Gasteiger partial charge in [0.05, 0.1) is 19.9 Å². The van der Waals surface area contributed by atoms with E-state index in [2.05, 4.69) is 68.4 Å². The van der Waals surface area contributed by atoms with Gasteiger partial charge in [-0.05, 0) is 56.0 Å². The number of carbonyl (C=O) groups excluding carboxylic acids is 1. The zero-order chi connectivity index (χ0) is 23.4. The number of nitrogens with one attached hydrogen (secondary N) is 1. The van der Waals surface area contributed by atoms with Gasteiger partial charge in [0.1, 0.15) is 17.1 Å². The van der Waals surface area contributed by atoms with Crippen molar-refractivity contribution in [3.05, 3.63) is 64.9 Å². The fourth-order valence-corrected chi connectivity index (χ4v) is 3.76. The molecule has 3 N–H and O–H groups in total. The molecule has 32 heavy (non-hydrogen) atoms. The Morgan fingerprint density at radius 1 is 1.16 bits per heavy atom. The summed E-state index contributed by atoms with van der Waals surface area (Å²) in [7, 11) is 3.04. The van der Waals surface area contributed by atoms with Crippen molar-refractivity contribution < 1.29 is 14.3 Å². The Morgan fingerprint density at radius 2 is 1.78 bits per heavy atom. The van der Waals surface area contributed by atoms with E-state index in [0.717, 1.165) is 29.8 Å². The van der Waals surface area contributed by atoms with Gasteiger partial charge in [0.2, 0.25) is 0 Å². The van der Waals surface area contributed by atoms with Gasteiger partial charge in [-0.25, -0.2) is 0 Å². The number of benzene rings is 2. The zero-order valence-corrected chi connectivity index (χ0v) is 19.8. The Labute approximate surface area is 190 Å². The lowest BCUT2D eigenvalue weighted by Gasteiger charge is -2.29. The summed E-state index contributed by atoms with van der Waals surface area (Å²) in [4.78, 5) is 14.1. The predicted octanol–water partition coefficient (Wildman–Crippen LogP) is 5.29. The van der Waals surface area contributed by atoms with Gasteiger partial charge in [-0.15, -0.1) is 0 Å². The van der Waals surface area contributed by atoms with E-state index >= 15 is 0 Å². The van der Waals surface area contributed by atoms with Crippen LogP contribution >= 0.6 is 0 Å². The number of carbonyl (C=O) groups is 1. The normalized spacial score (nSPS) is 15.4. The lowest BCUT2D eigenvalue weighted by atomic mass is 9.98. The van der Waals surface area contributed by atoms with E-state index in [4.69, 9.17) is 15.2 Å². The third-order valence-corrected chi connectivity index (χ3v) is 5.84. The Bertz CT molecular complexity index is 1050. The maximum atomic E-state index is 12.0. The molecular weight excluding hydrogens is 402 g/mol. The van der Waals surface area contributed by atoms with Crippen molar-refractivity contribution in [2.45, 2.75) is 46.6 Å². The molecule has 0 aromatic heterocycles. The predicted molar refractivity (Wildman–Crippen MR) is 131 cm³/mol. The molecule has 0 fully saturated rings. The summed E-state index contributed by atoms with van der Waals surface area (Å²) in [6.45, 7) is 8.49. The van der Waals surface area contributed by atoms with Crippen LogP contribution in [0.5, 0.6) is 11.5 Å². The molecule has 1 aliphatic heterocycles. The number of hydrogen-bond donors (Lipinski definition) is 2. The van der Waals surface area contributed by atoms with E-state index in [9.17, 15) is 4.79 Å². The Kier molecular flexibility index (Phi) is 7.13. The number of allylic oxidation sites excluding steroid dienone is 1. The highest BCUT2D eigenvalue weighted by molar-refractivity contribution is 5.99. The molecule has 2 aromatic carbocycles. The average molecular weight is 436 g/mol. The maximum Gasteiger partial charge on any atom is 0.256 e. The standard InChI is InChI=1S/C26H33N3O3/c1-7-16(3)15-29(20-13-23(31-5)25(26(27)30)24(14-20)32-6)22-10-9-18(11-17(22)4)21-12-19(8-2)28-21/h9-15,19,28H,7-8H2,1-6H3,(H2,27,30)/b16-15-. The van der Waals surface area contributed by atoms with Gasteiger partial charge in [-0.1, -0.05) is 25.5 Å². The van der Waals surface area contributed by atoms with Gasteiger partial charge in [0, 0.05) is 35.8 Å². The summed E-state index contributed by atoms with van der Waals surface area (Å²) in [6.07, 6.45) is 6.37. The van der Waals surface area contributed by atoms with Crippen LogP contribution in [0, 0.1) is 6.92 Å². The van der Waals surface area contributed by atoms with Crippen LogP contribution in [0.15, 0.2) is 48.2 Å². The molecular formula is C26H33N3O3. The first-order chi connectivity index (χ1) is 15.3. The van der Waals surface area contributed by atoms with Crippen LogP contribution in [0.2, 0.25) is 0 Å². The van der Waals surface area contributed by atoms with E-state index in [1.807, 2.05) is 12.1 Å². The van der Waals surface area contributed by atoms with Crippen LogP contribution in [-0.2, 0) is 0 Å². The number of hydrogen-bond acceptors (Lipinski definition) is 5. The van der Waals surface area contributed by atoms with Crippen molar-refractivity contribution in [2.24, 2.45) is 5.73 Å². The van der Waals surface area contributed by atoms with Crippen molar-refractivity contribution in [1.82, 2.24) is 5.32 Å². The Hall–Kier alpha value is -3.41. The lowest BCUT2D eigenvalue weighted by Crippen LogP contribution is -2.34. The number of nitrogens with two attached hydrogens (primary N) is 1. The van der Waals surface area contributed by atoms with Crippen molar-refractivity contribution in [3.8, 4) is 11.5 Å². The molecule has 2 aromatic rings. The first kappa shape index (κ1) is 23.3. The summed E-state index contributed by atoms with van der Waals surface area (Å²) in [6, 6.07) is 10.5. The minimum Gasteiger partial charge on any atom is -0.496 e. The molecule has 170 valence electrons. The quantitative estimate of drug-likeness (QED) is 0.560. The topological polar surface area (TPSA) is 76.8 Å². The van der Waals surface area contributed by atoms with Crippen LogP contribution in [0.4, 0.5) is 11.4 Å². The van der Waals surface area contributed by atoms with Gasteiger partial charge in [0.15, 0.2) is 0 Å². The first-order valence-electron chi connectivity index (χ1n) is 10.9. The summed E-state index contributed by atoms with van der Waals surface area (Å²) in [5.74, 6) is 0.162. The number of primary amides is 1. The van der Waals surface area contributed by atoms with Crippen LogP contribution < -0.4 is 25.4 Å². The van der Waals surface area contributed by atoms with Crippen LogP contribution in [0.25, 0.3) is 5.70 Å². The zero-order valence-electron chi connectivity index (χ0n) is 19.8. The van der Waals surface area contributed by atoms with Crippen molar-refractivity contribution in [2.75, 3.05) is 19.1 Å². The molecule has 0 saturated heterocycles. The first-order valence-corrected chi connectivity index (χ1v) is 10.9. The molecule has 1 heterocycles. The second-order valence-corrected chi connectivity index (χ2v) is 8.03. The summed E-state index contributed by atoms with van der Waals surface area (Å²) in [5, 5.41) is 3.50. The molecule has 0 radical (unpaired) electrons. The van der Waals surface area contributed by atoms with Crippen LogP contribution in [-0.4, -0.2) is 26.2 Å². The molecule has 0 spiro atoms. The van der Waals surface area contributed by atoms with Gasteiger partial charge in [-0.2, -0.15) is 0 Å². The van der Waals surface area contributed by atoms with Crippen molar-refractivity contribution in [1.29, 1.82) is 0 Å². The molecule has 6 nitrogen and oxygen atoms in total. The molecule has 3 rings (SSSR count). The maximum absolute atomic E-state index is 12.0. The average Bonchev–Trinajstić information content (AvgIpc) is 2.75. The molecule has 1 amide bonds. The van der Waals surface area contributed by atoms with Crippen molar-refractivity contribution in [3.63, 3.8) is 0 Å². The fraction of sp³-hybridized carbons (Fsp3) is 0.346. The molecule has 6 heteroatoms. The second kappa shape index (κ2) is 9.81. The van der Waals surface area contributed by atoms with E-state index in [1.54, 1.807) is 0 Å². The van der Waals surface area contributed by atoms with Gasteiger partial charge in [-0.3, -0.25) is 4.79 Å². The number of rotatable bonds is 9. The molecule has 0 bridgehead atoms. The summed E-state index contributed by atoms with van der Waals surface area (Å²) in [5.41, 5.74) is 12.3. The molecule has 0 saturated carbocycles. The highest BCUT2D eigenvalue weighted by Crippen LogP contribution is 2.39. The number of methoxy groups -OCH3 is 2. The highest BCUT2D eigenvalue weighted by atomic mass is 16.5. The number of anilines is 2. The van der Waals surface area contributed by atoms with Gasteiger partial charge < -0.3 is 25.4 Å². The smallest absolute Gasteiger partial charge is 0.256 e. The fourth-order valence-electron chi connectivity index (χ4n) is 3.76. The summed E-state index contributed by atoms with van der Waals surface area (Å²) < 4.78 is 11.0. The van der Waals surface area contributed by atoms with E-state index in [-0.39, 0.29) is 5.56 Å². The van der Waals surface area contributed by atoms with Crippen LogP contribution in [0.3, 0.4) is 0 Å². The van der Waals surface area contributed by atoms with E-state index in [0.29, 0.717) is 17.5 Å². The summed E-state index contributed by atoms with van der Waals surface area (Å²) >= 11 is 0. The third-order valence-electron chi connectivity index (χ3n) is 5.84. The minimum atomic E-state index is -0.593. The van der Waals surface area contributed by atoms with Gasteiger partial charge >= 0.3 is 0 Å². The van der Waals surface area contributed by atoms with Crippen LogP contribution in [0.1, 0.15) is 55.1 Å². The molecule has 1 atom stereocenters. The van der Waals surface area contributed by atoms with Gasteiger partial charge in [0.25, 0.3) is 5.91 Å². The Balaban J connectivity index is 2.12. The number of nitrogens with zero attached hydrogens (tertiary/aromatic N) is 1. The third kappa shape index (κ3) is 4.59. The monoisotopic (exact) mass is 435 g/mol. The van der Waals surface area contributed by atoms with E-state index in [1.165, 1.54) is 31.1 Å². The number of ether oxygens (including phenoxy) is 2. The largest absolute Gasteiger partial charge is 0.496 e. The molecule has 1 aliphatic rings. The Morgan fingerprint density at radius 3 is 2.25 bits per heavy atom. The minimum absolute atomic E-state index is 0.232. The highest BCUT2D eigenvalue weighted by Gasteiger charge is 2.22. The van der Waals surface area contributed by atoms with Crippen molar-refractivity contribution >= 4 is 23.0 Å². The molecule has 0 aliphatic carbocycles. The lowest BCUT2D eigenvalue weighted by molar-refractivity contribution is 0.0994. The SMILES string of the molecule is CC/C(C)=C\N(c1cc(OC)c(C(N)=O)c(OC)c1)c1ccc(C2=CC(CC)N2)cc1C. The molecule has 1 unspecified atom stereocenters. The second-order valence-electron chi connectivity index (χ2n) is 8.03. The number of amides is 1.